The van der Waals surface area contributed by atoms with Gasteiger partial charge in [-0.05, 0) is 59.7 Å². The minimum absolute atomic E-state index is 0.0691. The van der Waals surface area contributed by atoms with Gasteiger partial charge in [0.15, 0.2) is 10.6 Å². The first kappa shape index (κ1) is 22.3. The SMILES string of the molecule is COc1ccc(-c2n[nH]c(=S)n2CC(=O)NCc2ccc(COc3ccccc3)cc2)cc1. The lowest BCUT2D eigenvalue weighted by Gasteiger charge is -2.10. The van der Waals surface area contributed by atoms with Crippen LogP contribution in [0, 0.1) is 4.77 Å². The van der Waals surface area contributed by atoms with Gasteiger partial charge < -0.3 is 14.8 Å². The van der Waals surface area contributed by atoms with Gasteiger partial charge in [0.1, 0.15) is 24.7 Å². The lowest BCUT2D eigenvalue weighted by molar-refractivity contribution is -0.121. The van der Waals surface area contributed by atoms with E-state index in [2.05, 4.69) is 15.5 Å². The van der Waals surface area contributed by atoms with Crippen molar-refractivity contribution in [3.05, 3.63) is 94.8 Å². The normalized spacial score (nSPS) is 10.6. The number of benzene rings is 3. The molecule has 0 unspecified atom stereocenters. The van der Waals surface area contributed by atoms with Crippen LogP contribution in [0.1, 0.15) is 11.1 Å². The Morgan fingerprint density at radius 1 is 0.970 bits per heavy atom. The number of rotatable bonds is 9. The van der Waals surface area contributed by atoms with Crippen molar-refractivity contribution in [2.75, 3.05) is 7.11 Å². The Morgan fingerprint density at radius 3 is 2.36 bits per heavy atom. The first-order valence-corrected chi connectivity index (χ1v) is 10.8. The summed E-state index contributed by atoms with van der Waals surface area (Å²) in [7, 11) is 1.61. The van der Waals surface area contributed by atoms with Crippen molar-refractivity contribution < 1.29 is 14.3 Å². The largest absolute Gasteiger partial charge is 0.497 e. The number of aromatic amines is 1. The fourth-order valence-electron chi connectivity index (χ4n) is 3.26. The molecule has 0 fully saturated rings. The molecule has 3 aromatic carbocycles. The van der Waals surface area contributed by atoms with Crippen LogP contribution >= 0.6 is 12.2 Å². The molecule has 1 aromatic heterocycles. The van der Waals surface area contributed by atoms with Crippen molar-refractivity contribution in [3.8, 4) is 22.9 Å². The molecular weight excluding hydrogens is 436 g/mol. The van der Waals surface area contributed by atoms with Gasteiger partial charge in [-0.2, -0.15) is 5.10 Å². The van der Waals surface area contributed by atoms with Gasteiger partial charge >= 0.3 is 0 Å². The second kappa shape index (κ2) is 10.6. The summed E-state index contributed by atoms with van der Waals surface area (Å²) in [6.07, 6.45) is 0. The quantitative estimate of drug-likeness (QED) is 0.359. The first-order chi connectivity index (χ1) is 16.1. The van der Waals surface area contributed by atoms with Crippen LogP contribution in [0.2, 0.25) is 0 Å². The Hall–Kier alpha value is -3.91. The Kier molecular flexibility index (Phi) is 7.16. The maximum absolute atomic E-state index is 12.6. The van der Waals surface area contributed by atoms with Crippen LogP contribution in [-0.4, -0.2) is 27.8 Å². The standard InChI is InChI=1S/C25H24N4O3S/c1-31-21-13-11-20(12-14-21)24-27-28-25(33)29(24)16-23(30)26-15-18-7-9-19(10-8-18)17-32-22-5-3-2-4-6-22/h2-14H,15-17H2,1H3,(H,26,30)(H,28,33). The third kappa shape index (κ3) is 5.87. The van der Waals surface area contributed by atoms with Crippen molar-refractivity contribution in [1.82, 2.24) is 20.1 Å². The molecule has 0 aliphatic rings. The molecule has 0 bridgehead atoms. The summed E-state index contributed by atoms with van der Waals surface area (Å²) in [6, 6.07) is 25.1. The third-order valence-corrected chi connectivity index (χ3v) is 5.38. The molecule has 4 aromatic rings. The van der Waals surface area contributed by atoms with E-state index in [1.807, 2.05) is 78.9 Å². The number of amides is 1. The molecule has 8 heteroatoms. The maximum atomic E-state index is 12.6. The summed E-state index contributed by atoms with van der Waals surface area (Å²) in [6.45, 7) is 0.977. The minimum Gasteiger partial charge on any atom is -0.497 e. The molecule has 1 heterocycles. The van der Waals surface area contributed by atoms with Crippen LogP contribution in [0.5, 0.6) is 11.5 Å². The molecule has 33 heavy (non-hydrogen) atoms. The minimum atomic E-state index is -0.154. The molecule has 0 atom stereocenters. The van der Waals surface area contributed by atoms with E-state index in [0.29, 0.717) is 23.7 Å². The molecule has 0 aliphatic carbocycles. The van der Waals surface area contributed by atoms with Crippen molar-refractivity contribution in [3.63, 3.8) is 0 Å². The summed E-state index contributed by atoms with van der Waals surface area (Å²) in [5, 5.41) is 9.98. The topological polar surface area (TPSA) is 81.2 Å². The van der Waals surface area contributed by atoms with Crippen LogP contribution in [0.15, 0.2) is 78.9 Å². The van der Waals surface area contributed by atoms with Crippen molar-refractivity contribution in [2.24, 2.45) is 0 Å². The van der Waals surface area contributed by atoms with E-state index in [0.717, 1.165) is 28.2 Å². The maximum Gasteiger partial charge on any atom is 0.240 e. The van der Waals surface area contributed by atoms with Gasteiger partial charge in [0.05, 0.1) is 7.11 Å². The Morgan fingerprint density at radius 2 is 1.67 bits per heavy atom. The average molecular weight is 461 g/mol. The Labute approximate surface area is 197 Å². The molecule has 4 rings (SSSR count). The molecule has 168 valence electrons. The number of para-hydroxylation sites is 1. The van der Waals surface area contributed by atoms with Gasteiger partial charge in [0.25, 0.3) is 0 Å². The van der Waals surface area contributed by atoms with E-state index >= 15 is 0 Å². The van der Waals surface area contributed by atoms with Gasteiger partial charge in [-0.3, -0.25) is 14.5 Å². The molecule has 7 nitrogen and oxygen atoms in total. The summed E-state index contributed by atoms with van der Waals surface area (Å²) in [5.74, 6) is 2.02. The summed E-state index contributed by atoms with van der Waals surface area (Å²) in [4.78, 5) is 12.6. The van der Waals surface area contributed by atoms with Crippen LogP contribution in [-0.2, 0) is 24.5 Å². The Balaban J connectivity index is 1.32. The zero-order valence-corrected chi connectivity index (χ0v) is 19.0. The number of nitrogens with zero attached hydrogens (tertiary/aromatic N) is 2. The molecule has 1 amide bonds. The number of carbonyl (C=O) groups is 1. The van der Waals surface area contributed by atoms with Gasteiger partial charge in [-0.25, -0.2) is 0 Å². The highest BCUT2D eigenvalue weighted by atomic mass is 32.1. The molecule has 0 spiro atoms. The van der Waals surface area contributed by atoms with Crippen LogP contribution < -0.4 is 14.8 Å². The highest BCUT2D eigenvalue weighted by Crippen LogP contribution is 2.21. The van der Waals surface area contributed by atoms with Crippen LogP contribution in [0.4, 0.5) is 0 Å². The fourth-order valence-corrected chi connectivity index (χ4v) is 3.46. The smallest absolute Gasteiger partial charge is 0.240 e. The van der Waals surface area contributed by atoms with Crippen LogP contribution in [0.3, 0.4) is 0 Å². The van der Waals surface area contributed by atoms with Crippen molar-refractivity contribution in [1.29, 1.82) is 0 Å². The predicted octanol–water partition coefficient (Wildman–Crippen LogP) is 4.51. The molecule has 2 N–H and O–H groups in total. The van der Waals surface area contributed by atoms with Gasteiger partial charge in [0.2, 0.25) is 5.91 Å². The third-order valence-electron chi connectivity index (χ3n) is 5.07. The zero-order chi connectivity index (χ0) is 23.0. The molecule has 0 radical (unpaired) electrons. The highest BCUT2D eigenvalue weighted by Gasteiger charge is 2.12. The van der Waals surface area contributed by atoms with E-state index < -0.39 is 0 Å². The van der Waals surface area contributed by atoms with Gasteiger partial charge in [-0.15, -0.1) is 0 Å². The summed E-state index contributed by atoms with van der Waals surface area (Å²) in [5.41, 5.74) is 2.89. The highest BCUT2D eigenvalue weighted by molar-refractivity contribution is 7.71. The molecular formula is C25H24N4O3S. The van der Waals surface area contributed by atoms with Crippen molar-refractivity contribution >= 4 is 18.1 Å². The number of H-pyrrole nitrogens is 1. The monoisotopic (exact) mass is 460 g/mol. The first-order valence-electron chi connectivity index (χ1n) is 10.4. The fraction of sp³-hybridized carbons (Fsp3) is 0.160. The van der Waals surface area contributed by atoms with E-state index in [-0.39, 0.29) is 12.5 Å². The predicted molar refractivity (Wildman–Crippen MR) is 128 cm³/mol. The second-order valence-electron chi connectivity index (χ2n) is 7.36. The summed E-state index contributed by atoms with van der Waals surface area (Å²) >= 11 is 5.32. The van der Waals surface area contributed by atoms with Crippen LogP contribution in [0.25, 0.3) is 11.4 Å². The number of ether oxygens (including phenoxy) is 2. The van der Waals surface area contributed by atoms with E-state index in [1.165, 1.54) is 0 Å². The number of hydrogen-bond donors (Lipinski definition) is 2. The Bertz CT molecular complexity index is 1250. The average Bonchev–Trinajstić information content (AvgIpc) is 3.22. The number of hydrogen-bond acceptors (Lipinski definition) is 5. The van der Waals surface area contributed by atoms with Crippen molar-refractivity contribution in [2.45, 2.75) is 19.7 Å². The summed E-state index contributed by atoms with van der Waals surface area (Å²) < 4.78 is 13.0. The lowest BCUT2D eigenvalue weighted by atomic mass is 10.1. The number of aromatic nitrogens is 3. The van der Waals surface area contributed by atoms with E-state index in [4.69, 9.17) is 21.7 Å². The zero-order valence-electron chi connectivity index (χ0n) is 18.2. The number of methoxy groups -OCH3 is 1. The van der Waals surface area contributed by atoms with Gasteiger partial charge in [-0.1, -0.05) is 42.5 Å². The second-order valence-corrected chi connectivity index (χ2v) is 7.75. The molecule has 0 saturated carbocycles. The lowest BCUT2D eigenvalue weighted by Crippen LogP contribution is -2.27. The molecule has 0 aliphatic heterocycles. The van der Waals surface area contributed by atoms with Gasteiger partial charge in [0, 0.05) is 12.1 Å². The number of nitrogens with one attached hydrogen (secondary N) is 2. The number of carbonyl (C=O) groups excluding carboxylic acids is 1. The van der Waals surface area contributed by atoms with E-state index in [9.17, 15) is 4.79 Å². The molecule has 0 saturated heterocycles. The van der Waals surface area contributed by atoms with E-state index in [1.54, 1.807) is 11.7 Å².